The van der Waals surface area contributed by atoms with Crippen molar-refractivity contribution < 1.29 is 34.8 Å². The van der Waals surface area contributed by atoms with E-state index < -0.39 is 58.0 Å². The Kier molecular flexibility index (Phi) is 7.04. The molecular weight excluding hydrogens is 558 g/mol. The molecule has 10 nitrogen and oxygen atoms in total. The number of allylic oxidation sites excluding steroid dienone is 1. The van der Waals surface area contributed by atoms with Gasteiger partial charge in [0.05, 0.1) is 11.6 Å². The van der Waals surface area contributed by atoms with E-state index in [9.17, 15) is 34.8 Å². The summed E-state index contributed by atoms with van der Waals surface area (Å²) in [6.45, 7) is 0.351. The Balaban J connectivity index is 1.51. The van der Waals surface area contributed by atoms with Crippen molar-refractivity contribution >= 4 is 28.8 Å². The van der Waals surface area contributed by atoms with E-state index >= 15 is 0 Å². The number of thiophene rings is 1. The molecule has 4 aliphatic rings. The standard InChI is InChI=1S/C31H35N3O7S/c1-34(2)24-20-11-15-9-19-18(14-7-8-42-13-14)10-16(12-33-17-5-3-4-6-17)25(35)22(19)26(36)21(15)28(38)31(20,41)29(39)23(27(24)37)30(32)40/h7-8,10,13,15,17,20,24,33,35,37-38,41H,3-6,9,11-12H2,1-2H3,(H2,32,40). The number of hydrogen-bond acceptors (Lipinski definition) is 10. The number of benzene rings is 1. The molecule has 2 aromatic rings. The van der Waals surface area contributed by atoms with Gasteiger partial charge in [-0.15, -0.1) is 0 Å². The fourth-order valence-electron chi connectivity index (χ4n) is 7.57. The molecule has 6 rings (SSSR count). The number of amides is 1. The van der Waals surface area contributed by atoms with Crippen LogP contribution in [0.3, 0.4) is 0 Å². The maximum Gasteiger partial charge on any atom is 0.255 e. The van der Waals surface area contributed by atoms with E-state index in [1.54, 1.807) is 19.0 Å². The Morgan fingerprint density at radius 3 is 2.52 bits per heavy atom. The van der Waals surface area contributed by atoms with Crippen LogP contribution in [-0.4, -0.2) is 74.6 Å². The van der Waals surface area contributed by atoms with Crippen molar-refractivity contribution in [1.82, 2.24) is 10.2 Å². The van der Waals surface area contributed by atoms with E-state index in [-0.39, 0.29) is 29.7 Å². The lowest BCUT2D eigenvalue weighted by atomic mass is 9.58. The number of fused-ring (bicyclic) bond motifs is 3. The molecule has 1 saturated carbocycles. The second-order valence-corrected chi connectivity index (χ2v) is 12.9. The average molecular weight is 594 g/mol. The molecule has 0 bridgehead atoms. The van der Waals surface area contributed by atoms with Crippen LogP contribution in [0.4, 0.5) is 0 Å². The van der Waals surface area contributed by atoms with E-state index in [2.05, 4.69) is 5.32 Å². The maximum atomic E-state index is 14.3. The normalized spacial score (nSPS) is 27.9. The number of rotatable bonds is 6. The van der Waals surface area contributed by atoms with Gasteiger partial charge in [-0.05, 0) is 85.3 Å². The molecule has 0 saturated heterocycles. The number of phenolic OH excluding ortho intramolecular Hbond substituents is 1. The number of ketones is 2. The summed E-state index contributed by atoms with van der Waals surface area (Å²) < 4.78 is 0. The zero-order valence-corrected chi connectivity index (χ0v) is 24.3. The minimum atomic E-state index is -2.65. The van der Waals surface area contributed by atoms with Gasteiger partial charge >= 0.3 is 0 Å². The summed E-state index contributed by atoms with van der Waals surface area (Å²) in [5.74, 6) is -6.45. The van der Waals surface area contributed by atoms with Gasteiger partial charge in [0.15, 0.2) is 11.4 Å². The van der Waals surface area contributed by atoms with Crippen molar-refractivity contribution in [3.8, 4) is 16.9 Å². The van der Waals surface area contributed by atoms with Crippen molar-refractivity contribution in [2.24, 2.45) is 17.6 Å². The van der Waals surface area contributed by atoms with Crippen LogP contribution in [-0.2, 0) is 22.6 Å². The maximum absolute atomic E-state index is 14.3. The molecular formula is C31H35N3O7S. The Labute approximate surface area is 247 Å². The predicted octanol–water partition coefficient (Wildman–Crippen LogP) is 2.88. The topological polar surface area (TPSA) is 173 Å². The highest BCUT2D eigenvalue weighted by Gasteiger charge is 2.63. The Morgan fingerprint density at radius 1 is 1.19 bits per heavy atom. The summed E-state index contributed by atoms with van der Waals surface area (Å²) >= 11 is 1.51. The van der Waals surface area contributed by atoms with Crippen LogP contribution in [0.25, 0.3) is 11.1 Å². The smallest absolute Gasteiger partial charge is 0.255 e. The highest BCUT2D eigenvalue weighted by atomic mass is 32.1. The predicted molar refractivity (Wildman–Crippen MR) is 156 cm³/mol. The molecule has 1 heterocycles. The number of likely N-dealkylation sites (N-methyl/N-ethyl adjacent to an activating group) is 1. The molecule has 1 amide bonds. The third-order valence-electron chi connectivity index (χ3n) is 9.57. The van der Waals surface area contributed by atoms with Crippen LogP contribution in [0.5, 0.6) is 5.75 Å². The summed E-state index contributed by atoms with van der Waals surface area (Å²) in [7, 11) is 3.22. The number of nitrogens with two attached hydrogens (primary N) is 1. The minimum absolute atomic E-state index is 0.0442. The molecule has 0 spiro atoms. The largest absolute Gasteiger partial charge is 0.510 e. The molecule has 222 valence electrons. The van der Waals surface area contributed by atoms with Gasteiger partial charge in [0.2, 0.25) is 5.78 Å². The van der Waals surface area contributed by atoms with Crippen LogP contribution < -0.4 is 11.1 Å². The van der Waals surface area contributed by atoms with Crippen LogP contribution in [0, 0.1) is 11.8 Å². The molecule has 42 heavy (non-hydrogen) atoms. The number of carbonyl (C=O) groups excluding carboxylic acids is 3. The first kappa shape index (κ1) is 28.6. The van der Waals surface area contributed by atoms with Crippen molar-refractivity contribution in [2.75, 3.05) is 14.1 Å². The van der Waals surface area contributed by atoms with E-state index in [1.807, 2.05) is 22.9 Å². The van der Waals surface area contributed by atoms with Crippen molar-refractivity contribution in [2.45, 2.75) is 62.8 Å². The molecule has 0 aliphatic heterocycles. The molecule has 11 heteroatoms. The third kappa shape index (κ3) is 4.13. The van der Waals surface area contributed by atoms with E-state index in [0.717, 1.165) is 36.8 Å². The highest BCUT2D eigenvalue weighted by Crippen LogP contribution is 2.53. The van der Waals surface area contributed by atoms with Gasteiger partial charge < -0.3 is 31.5 Å². The molecule has 1 aromatic heterocycles. The highest BCUT2D eigenvalue weighted by molar-refractivity contribution is 7.08. The average Bonchev–Trinajstić information content (AvgIpc) is 3.65. The first-order valence-corrected chi connectivity index (χ1v) is 15.2. The second-order valence-electron chi connectivity index (χ2n) is 12.1. The zero-order chi connectivity index (χ0) is 30.1. The zero-order valence-electron chi connectivity index (χ0n) is 23.5. The summed E-state index contributed by atoms with van der Waals surface area (Å²) in [5.41, 5.74) is 4.74. The van der Waals surface area contributed by atoms with Crippen molar-refractivity contribution in [3.63, 3.8) is 0 Å². The lowest BCUT2D eigenvalue weighted by Gasteiger charge is -2.50. The van der Waals surface area contributed by atoms with Gasteiger partial charge in [0.1, 0.15) is 22.8 Å². The van der Waals surface area contributed by atoms with Gasteiger partial charge in [0.25, 0.3) is 5.91 Å². The van der Waals surface area contributed by atoms with Crippen LogP contribution in [0.2, 0.25) is 0 Å². The number of phenols is 1. The van der Waals surface area contributed by atoms with Gasteiger partial charge in [-0.3, -0.25) is 19.3 Å². The summed E-state index contributed by atoms with van der Waals surface area (Å²) in [6.07, 6.45) is 4.68. The molecule has 4 unspecified atom stereocenters. The molecule has 4 atom stereocenters. The molecule has 1 aromatic carbocycles. The Hall–Kier alpha value is -3.51. The number of aliphatic hydroxyl groups is 3. The summed E-state index contributed by atoms with van der Waals surface area (Å²) in [6, 6.07) is 3.17. The monoisotopic (exact) mass is 593 g/mol. The first-order valence-electron chi connectivity index (χ1n) is 14.2. The number of aliphatic hydroxyl groups excluding tert-OH is 2. The number of primary amides is 1. The molecule has 7 N–H and O–H groups in total. The second kappa shape index (κ2) is 10.3. The van der Waals surface area contributed by atoms with Crippen molar-refractivity contribution in [1.29, 1.82) is 0 Å². The summed E-state index contributed by atoms with van der Waals surface area (Å²) in [4.78, 5) is 41.5. The number of Topliss-reactive ketones (excluding diaryl/α,β-unsaturated/α-hetero) is 2. The molecule has 0 radical (unpaired) electrons. The Morgan fingerprint density at radius 2 is 1.90 bits per heavy atom. The van der Waals surface area contributed by atoms with Crippen LogP contribution >= 0.6 is 11.3 Å². The first-order chi connectivity index (χ1) is 20.0. The third-order valence-corrected chi connectivity index (χ3v) is 10.3. The number of carbonyl (C=O) groups is 3. The van der Waals surface area contributed by atoms with E-state index in [1.165, 1.54) is 11.3 Å². The lowest BCUT2D eigenvalue weighted by Crippen LogP contribution is -2.63. The van der Waals surface area contributed by atoms with E-state index in [4.69, 9.17) is 5.73 Å². The van der Waals surface area contributed by atoms with E-state index in [0.29, 0.717) is 23.7 Å². The van der Waals surface area contributed by atoms with Gasteiger partial charge in [0, 0.05) is 29.6 Å². The number of aromatic hydroxyl groups is 1. The quantitative estimate of drug-likeness (QED) is 0.275. The Bertz CT molecular complexity index is 1550. The number of hydrogen-bond donors (Lipinski definition) is 6. The van der Waals surface area contributed by atoms with Gasteiger partial charge in [-0.1, -0.05) is 12.8 Å². The van der Waals surface area contributed by atoms with Crippen molar-refractivity contribution in [3.05, 3.63) is 62.2 Å². The van der Waals surface area contributed by atoms with Gasteiger partial charge in [-0.2, -0.15) is 11.3 Å². The van der Waals surface area contributed by atoms with Gasteiger partial charge in [-0.25, -0.2) is 0 Å². The SMILES string of the molecule is CN(C)C1C(O)=C(C(N)=O)C(=O)C2(O)C(O)=C3C(=O)c4c(O)c(CNC5CCCC5)cc(-c5ccsc5)c4CC3CC12. The molecule has 4 aliphatic carbocycles. The lowest BCUT2D eigenvalue weighted by molar-refractivity contribution is -0.148. The fourth-order valence-corrected chi connectivity index (χ4v) is 8.22. The number of nitrogens with zero attached hydrogens (tertiary/aromatic N) is 1. The molecule has 1 fully saturated rings. The summed E-state index contributed by atoms with van der Waals surface area (Å²) in [5, 5.41) is 53.3. The minimum Gasteiger partial charge on any atom is -0.510 e. The van der Waals surface area contributed by atoms with Crippen LogP contribution in [0.1, 0.15) is 53.6 Å². The van der Waals surface area contributed by atoms with Crippen LogP contribution in [0.15, 0.2) is 45.6 Å². The number of nitrogens with one attached hydrogen (secondary N) is 1. The fraction of sp³-hybridized carbons (Fsp3) is 0.452.